The number of aliphatic imine (C=N–C) groups is 1. The minimum atomic E-state index is 0. The minimum absolute atomic E-state index is 0. The summed E-state index contributed by atoms with van der Waals surface area (Å²) < 4.78 is 2.02. The van der Waals surface area contributed by atoms with E-state index in [0.29, 0.717) is 6.54 Å². The van der Waals surface area contributed by atoms with Gasteiger partial charge in [0.15, 0.2) is 5.96 Å². The lowest BCUT2D eigenvalue weighted by Gasteiger charge is -2.12. The molecule has 7 heteroatoms. The van der Waals surface area contributed by atoms with Crippen molar-refractivity contribution in [2.24, 2.45) is 4.99 Å². The van der Waals surface area contributed by atoms with E-state index in [2.05, 4.69) is 52.2 Å². The summed E-state index contributed by atoms with van der Waals surface area (Å²) >= 11 is 1.79. The van der Waals surface area contributed by atoms with Gasteiger partial charge in [-0.3, -0.25) is 0 Å². The van der Waals surface area contributed by atoms with Crippen LogP contribution in [0.25, 0.3) is 5.69 Å². The molecule has 2 heterocycles. The van der Waals surface area contributed by atoms with Crippen LogP contribution in [0.1, 0.15) is 17.4 Å². The van der Waals surface area contributed by atoms with Gasteiger partial charge in [0.2, 0.25) is 0 Å². The van der Waals surface area contributed by atoms with E-state index in [1.807, 2.05) is 29.2 Å². The molecule has 0 atom stereocenters. The Hall–Kier alpha value is -1.87. The number of benzene rings is 1. The van der Waals surface area contributed by atoms with Crippen molar-refractivity contribution in [1.29, 1.82) is 0 Å². The summed E-state index contributed by atoms with van der Waals surface area (Å²) in [4.78, 5) is 10.3. The van der Waals surface area contributed by atoms with Crippen LogP contribution in [0, 0.1) is 0 Å². The molecule has 138 valence electrons. The number of nitrogens with one attached hydrogen (secondary N) is 2. The molecule has 0 radical (unpaired) electrons. The van der Waals surface area contributed by atoms with E-state index in [9.17, 15) is 0 Å². The van der Waals surface area contributed by atoms with Crippen LogP contribution in [0.15, 0.2) is 65.5 Å². The van der Waals surface area contributed by atoms with Crippen molar-refractivity contribution in [2.75, 3.05) is 13.1 Å². The van der Waals surface area contributed by atoms with Crippen molar-refractivity contribution in [3.63, 3.8) is 0 Å². The van der Waals surface area contributed by atoms with Crippen molar-refractivity contribution in [1.82, 2.24) is 20.2 Å². The molecule has 3 rings (SSSR count). The van der Waals surface area contributed by atoms with Gasteiger partial charge in [0, 0.05) is 30.4 Å². The van der Waals surface area contributed by atoms with Crippen LogP contribution in [-0.4, -0.2) is 28.6 Å². The Morgan fingerprint density at radius 1 is 1.19 bits per heavy atom. The van der Waals surface area contributed by atoms with Crippen LogP contribution < -0.4 is 10.6 Å². The molecule has 0 spiro atoms. The molecule has 26 heavy (non-hydrogen) atoms. The number of hydrogen-bond donors (Lipinski definition) is 2. The third-order valence-corrected chi connectivity index (χ3v) is 4.71. The summed E-state index contributed by atoms with van der Waals surface area (Å²) in [6, 6.07) is 12.5. The van der Waals surface area contributed by atoms with Crippen LogP contribution in [0.2, 0.25) is 0 Å². The van der Waals surface area contributed by atoms with E-state index >= 15 is 0 Å². The highest BCUT2D eigenvalue weighted by Crippen LogP contribution is 2.15. The average molecular weight is 481 g/mol. The minimum Gasteiger partial charge on any atom is -0.357 e. The molecule has 2 N–H and O–H groups in total. The summed E-state index contributed by atoms with van der Waals surface area (Å²) in [6.45, 7) is 4.40. The fourth-order valence-corrected chi connectivity index (χ4v) is 3.27. The molecule has 1 aromatic carbocycles. The fourth-order valence-electron chi connectivity index (χ4n) is 2.56. The smallest absolute Gasteiger partial charge is 0.191 e. The van der Waals surface area contributed by atoms with E-state index in [-0.39, 0.29) is 24.0 Å². The standard InChI is InChI=1S/C19H23N5S.HI/c1-2-21-19(22-10-9-17-7-5-13-25-17)23-14-16-6-3-4-8-18(16)24-12-11-20-15-24;/h3-8,11-13,15H,2,9-10,14H2,1H3,(H2,21,22,23);1H. The number of thiophene rings is 1. The zero-order chi connectivity index (χ0) is 17.3. The van der Waals surface area contributed by atoms with Crippen LogP contribution in [0.5, 0.6) is 0 Å². The molecule has 0 unspecified atom stereocenters. The Labute approximate surface area is 175 Å². The summed E-state index contributed by atoms with van der Waals surface area (Å²) in [5.41, 5.74) is 2.27. The third kappa shape index (κ3) is 5.84. The zero-order valence-electron chi connectivity index (χ0n) is 14.8. The van der Waals surface area contributed by atoms with Gasteiger partial charge in [0.25, 0.3) is 0 Å². The molecule has 5 nitrogen and oxygen atoms in total. The van der Waals surface area contributed by atoms with E-state index in [4.69, 9.17) is 4.99 Å². The molecule has 3 aromatic rings. The largest absolute Gasteiger partial charge is 0.357 e. The number of aromatic nitrogens is 2. The summed E-state index contributed by atoms with van der Waals surface area (Å²) in [7, 11) is 0. The maximum absolute atomic E-state index is 4.74. The quantitative estimate of drug-likeness (QED) is 0.306. The predicted octanol–water partition coefficient (Wildman–Crippen LogP) is 3.85. The third-order valence-electron chi connectivity index (χ3n) is 3.77. The number of para-hydroxylation sites is 1. The summed E-state index contributed by atoms with van der Waals surface area (Å²) in [5, 5.41) is 8.83. The Bertz CT molecular complexity index is 784. The first-order valence-electron chi connectivity index (χ1n) is 8.47. The fraction of sp³-hybridized carbons (Fsp3) is 0.263. The highest BCUT2D eigenvalue weighted by molar-refractivity contribution is 14.0. The lowest BCUT2D eigenvalue weighted by molar-refractivity contribution is 0.803. The van der Waals surface area contributed by atoms with E-state index in [0.717, 1.165) is 36.7 Å². The first-order chi connectivity index (χ1) is 12.4. The number of guanidine groups is 1. The van der Waals surface area contributed by atoms with E-state index in [1.165, 1.54) is 4.88 Å². The topological polar surface area (TPSA) is 54.2 Å². The SMILES string of the molecule is CCNC(=NCc1ccccc1-n1ccnc1)NCCc1cccs1.I. The molecule has 0 aliphatic heterocycles. The second-order valence-corrected chi connectivity index (χ2v) is 6.58. The average Bonchev–Trinajstić information content (AvgIpc) is 3.34. The number of rotatable bonds is 7. The Balaban J connectivity index is 0.00000243. The summed E-state index contributed by atoms with van der Waals surface area (Å²) in [5.74, 6) is 0.847. The first-order valence-corrected chi connectivity index (χ1v) is 9.35. The first kappa shape index (κ1) is 20.4. The highest BCUT2D eigenvalue weighted by Gasteiger charge is 2.04. The summed E-state index contributed by atoms with van der Waals surface area (Å²) in [6.07, 6.45) is 6.56. The molecule has 0 saturated heterocycles. The van der Waals surface area contributed by atoms with Crippen molar-refractivity contribution >= 4 is 41.3 Å². The van der Waals surface area contributed by atoms with Crippen LogP contribution in [-0.2, 0) is 13.0 Å². The highest BCUT2D eigenvalue weighted by atomic mass is 127. The second kappa shape index (κ2) is 11.0. The van der Waals surface area contributed by atoms with Crippen LogP contribution in [0.4, 0.5) is 0 Å². The van der Waals surface area contributed by atoms with E-state index in [1.54, 1.807) is 17.5 Å². The van der Waals surface area contributed by atoms with Gasteiger partial charge < -0.3 is 15.2 Å². The van der Waals surface area contributed by atoms with Gasteiger partial charge >= 0.3 is 0 Å². The molecular formula is C19H24IN5S. The van der Waals surface area contributed by atoms with Crippen LogP contribution >= 0.6 is 35.3 Å². The number of halogens is 1. The Morgan fingerprint density at radius 3 is 2.81 bits per heavy atom. The molecule has 0 saturated carbocycles. The molecule has 2 aromatic heterocycles. The number of imidazole rings is 1. The zero-order valence-corrected chi connectivity index (χ0v) is 17.9. The maximum Gasteiger partial charge on any atom is 0.191 e. The molecule has 0 fully saturated rings. The monoisotopic (exact) mass is 481 g/mol. The molecule has 0 bridgehead atoms. The molecule has 0 aliphatic rings. The van der Waals surface area contributed by atoms with Crippen molar-refractivity contribution in [3.8, 4) is 5.69 Å². The number of hydrogen-bond acceptors (Lipinski definition) is 3. The van der Waals surface area contributed by atoms with Gasteiger partial charge in [0.1, 0.15) is 0 Å². The normalized spacial score (nSPS) is 11.0. The van der Waals surface area contributed by atoms with Gasteiger partial charge in [-0.2, -0.15) is 0 Å². The predicted molar refractivity (Wildman–Crippen MR) is 120 cm³/mol. The lowest BCUT2D eigenvalue weighted by Crippen LogP contribution is -2.38. The van der Waals surface area contributed by atoms with Gasteiger partial charge in [-0.25, -0.2) is 9.98 Å². The molecule has 0 aliphatic carbocycles. The maximum atomic E-state index is 4.74. The Morgan fingerprint density at radius 2 is 2.08 bits per heavy atom. The van der Waals surface area contributed by atoms with Crippen LogP contribution in [0.3, 0.4) is 0 Å². The molecular weight excluding hydrogens is 457 g/mol. The van der Waals surface area contributed by atoms with Gasteiger partial charge in [-0.15, -0.1) is 35.3 Å². The lowest BCUT2D eigenvalue weighted by atomic mass is 10.2. The van der Waals surface area contributed by atoms with Gasteiger partial charge in [0.05, 0.1) is 18.6 Å². The van der Waals surface area contributed by atoms with Gasteiger partial charge in [-0.05, 0) is 36.4 Å². The van der Waals surface area contributed by atoms with Crippen molar-refractivity contribution < 1.29 is 0 Å². The number of nitrogens with zero attached hydrogens (tertiary/aromatic N) is 3. The van der Waals surface area contributed by atoms with Gasteiger partial charge in [-0.1, -0.05) is 24.3 Å². The van der Waals surface area contributed by atoms with E-state index < -0.39 is 0 Å². The van der Waals surface area contributed by atoms with Crippen molar-refractivity contribution in [3.05, 3.63) is 70.9 Å². The molecule has 0 amide bonds. The Kier molecular flexibility index (Phi) is 8.63. The second-order valence-electron chi connectivity index (χ2n) is 5.55. The van der Waals surface area contributed by atoms with Crippen molar-refractivity contribution in [2.45, 2.75) is 19.9 Å².